The quantitative estimate of drug-likeness (QED) is 0.661. The summed E-state index contributed by atoms with van der Waals surface area (Å²) in [6.07, 6.45) is 1.40. The molecule has 1 fully saturated rings. The molecule has 0 spiro atoms. The van der Waals surface area contributed by atoms with Crippen LogP contribution in [0, 0.1) is 10.1 Å². The van der Waals surface area contributed by atoms with Crippen LogP contribution in [0.25, 0.3) is 0 Å². The highest BCUT2D eigenvalue weighted by atomic mass is 32.1. The number of piperidine rings is 1. The third-order valence-corrected chi connectivity index (χ3v) is 4.06. The molecule has 2 heterocycles. The summed E-state index contributed by atoms with van der Waals surface area (Å²) >= 11 is 1.19. The van der Waals surface area contributed by atoms with Crippen molar-refractivity contribution >= 4 is 22.2 Å². The maximum atomic E-state index is 11.3. The molecule has 1 aromatic rings. The molecular formula is C11H15N3O3S. The molecule has 1 aliphatic heterocycles. The number of amides is 1. The van der Waals surface area contributed by atoms with Crippen LogP contribution in [0.1, 0.15) is 17.7 Å². The summed E-state index contributed by atoms with van der Waals surface area (Å²) in [6.45, 7) is 1.32. The fourth-order valence-electron chi connectivity index (χ4n) is 1.98. The van der Waals surface area contributed by atoms with Crippen molar-refractivity contribution in [1.29, 1.82) is 0 Å². The monoisotopic (exact) mass is 269 g/mol. The Balaban J connectivity index is 1.84. The highest BCUT2D eigenvalue weighted by Gasteiger charge is 2.22. The van der Waals surface area contributed by atoms with Crippen molar-refractivity contribution in [2.24, 2.45) is 0 Å². The van der Waals surface area contributed by atoms with Gasteiger partial charge in [0.2, 0.25) is 5.91 Å². The van der Waals surface area contributed by atoms with Crippen LogP contribution in [0.3, 0.4) is 0 Å². The molecule has 1 unspecified atom stereocenters. The van der Waals surface area contributed by atoms with Gasteiger partial charge in [-0.25, -0.2) is 0 Å². The van der Waals surface area contributed by atoms with Crippen molar-refractivity contribution in [1.82, 2.24) is 10.2 Å². The summed E-state index contributed by atoms with van der Waals surface area (Å²) in [6, 6.07) is 3.57. The standard InChI is InChI=1S/C11H15N3O3S/c1-13-7-8(2-4-10(13)15)12-6-9-3-5-11(18-9)14(16)17/h3,5,8,12H,2,4,6-7H2,1H3. The Labute approximate surface area is 109 Å². The Morgan fingerprint density at radius 1 is 1.61 bits per heavy atom. The van der Waals surface area contributed by atoms with E-state index in [4.69, 9.17) is 0 Å². The van der Waals surface area contributed by atoms with E-state index in [2.05, 4.69) is 5.32 Å². The van der Waals surface area contributed by atoms with Gasteiger partial charge in [0, 0.05) is 43.5 Å². The molecule has 6 nitrogen and oxygen atoms in total. The number of likely N-dealkylation sites (N-methyl/N-ethyl adjacent to an activating group) is 1. The smallest absolute Gasteiger partial charge is 0.324 e. The minimum atomic E-state index is -0.374. The lowest BCUT2D eigenvalue weighted by atomic mass is 10.1. The van der Waals surface area contributed by atoms with E-state index in [0.29, 0.717) is 19.5 Å². The molecule has 2 rings (SSSR count). The van der Waals surface area contributed by atoms with Crippen molar-refractivity contribution in [3.63, 3.8) is 0 Å². The maximum absolute atomic E-state index is 11.3. The van der Waals surface area contributed by atoms with Crippen molar-refractivity contribution in [3.05, 3.63) is 27.1 Å². The first kappa shape index (κ1) is 13.0. The Kier molecular flexibility index (Phi) is 3.93. The van der Waals surface area contributed by atoms with E-state index in [9.17, 15) is 14.9 Å². The van der Waals surface area contributed by atoms with Gasteiger partial charge in [0.15, 0.2) is 0 Å². The van der Waals surface area contributed by atoms with E-state index in [0.717, 1.165) is 11.3 Å². The van der Waals surface area contributed by atoms with Gasteiger partial charge in [-0.05, 0) is 12.5 Å². The van der Waals surface area contributed by atoms with Crippen molar-refractivity contribution in [2.75, 3.05) is 13.6 Å². The summed E-state index contributed by atoms with van der Waals surface area (Å²) < 4.78 is 0. The highest BCUT2D eigenvalue weighted by molar-refractivity contribution is 7.15. The van der Waals surface area contributed by atoms with Gasteiger partial charge in [0.05, 0.1) is 4.92 Å². The van der Waals surface area contributed by atoms with Crippen molar-refractivity contribution < 1.29 is 9.72 Å². The van der Waals surface area contributed by atoms with Crippen LogP contribution in [0.4, 0.5) is 5.00 Å². The third-order valence-electron chi connectivity index (χ3n) is 3.02. The number of nitro groups is 1. The number of hydrogen-bond acceptors (Lipinski definition) is 5. The zero-order valence-electron chi connectivity index (χ0n) is 10.1. The molecular weight excluding hydrogens is 254 g/mol. The molecule has 0 bridgehead atoms. The van der Waals surface area contributed by atoms with Crippen LogP contribution in [0.5, 0.6) is 0 Å². The Bertz CT molecular complexity index is 460. The molecule has 18 heavy (non-hydrogen) atoms. The van der Waals surface area contributed by atoms with Crippen molar-refractivity contribution in [3.8, 4) is 0 Å². The Hall–Kier alpha value is -1.47. The summed E-state index contributed by atoms with van der Waals surface area (Å²) in [4.78, 5) is 24.2. The van der Waals surface area contributed by atoms with Crippen LogP contribution in [-0.4, -0.2) is 35.4 Å². The number of likely N-dealkylation sites (tertiary alicyclic amines) is 1. The van der Waals surface area contributed by atoms with Crippen LogP contribution in [0.2, 0.25) is 0 Å². The van der Waals surface area contributed by atoms with Crippen molar-refractivity contribution in [2.45, 2.75) is 25.4 Å². The second-order valence-corrected chi connectivity index (χ2v) is 5.53. The van der Waals surface area contributed by atoms with Crippen LogP contribution in [0.15, 0.2) is 12.1 Å². The first-order valence-electron chi connectivity index (χ1n) is 5.76. The highest BCUT2D eigenvalue weighted by Crippen LogP contribution is 2.24. The minimum Gasteiger partial charge on any atom is -0.344 e. The van der Waals surface area contributed by atoms with Crippen LogP contribution < -0.4 is 5.32 Å². The van der Waals surface area contributed by atoms with Gasteiger partial charge in [-0.2, -0.15) is 0 Å². The van der Waals surface area contributed by atoms with E-state index in [1.165, 1.54) is 17.4 Å². The molecule has 0 radical (unpaired) electrons. The van der Waals surface area contributed by atoms with E-state index in [1.807, 2.05) is 0 Å². The van der Waals surface area contributed by atoms with Gasteiger partial charge in [0.1, 0.15) is 0 Å². The zero-order chi connectivity index (χ0) is 13.1. The number of nitrogens with zero attached hydrogens (tertiary/aromatic N) is 2. The van der Waals surface area contributed by atoms with Gasteiger partial charge in [-0.1, -0.05) is 11.3 Å². The average molecular weight is 269 g/mol. The predicted molar refractivity (Wildman–Crippen MR) is 68.5 cm³/mol. The fourth-order valence-corrected chi connectivity index (χ4v) is 2.75. The third kappa shape index (κ3) is 3.05. The Morgan fingerprint density at radius 2 is 2.39 bits per heavy atom. The second kappa shape index (κ2) is 5.45. The molecule has 1 amide bonds. The number of carbonyl (C=O) groups excluding carboxylic acids is 1. The molecule has 0 aliphatic carbocycles. The van der Waals surface area contributed by atoms with Gasteiger partial charge in [-0.3, -0.25) is 14.9 Å². The molecule has 1 saturated heterocycles. The topological polar surface area (TPSA) is 75.5 Å². The van der Waals surface area contributed by atoms with E-state index in [-0.39, 0.29) is 21.9 Å². The molecule has 0 aromatic carbocycles. The Morgan fingerprint density at radius 3 is 3.00 bits per heavy atom. The predicted octanol–water partition coefficient (Wildman–Crippen LogP) is 1.37. The lowest BCUT2D eigenvalue weighted by Crippen LogP contribution is -2.46. The SMILES string of the molecule is CN1CC(NCc2ccc([N+](=O)[O-])s2)CCC1=O. The molecule has 1 aromatic heterocycles. The van der Waals surface area contributed by atoms with Gasteiger partial charge in [-0.15, -0.1) is 0 Å². The van der Waals surface area contributed by atoms with E-state index < -0.39 is 0 Å². The number of carbonyl (C=O) groups is 1. The van der Waals surface area contributed by atoms with E-state index in [1.54, 1.807) is 18.0 Å². The molecule has 1 N–H and O–H groups in total. The molecule has 0 saturated carbocycles. The van der Waals surface area contributed by atoms with Gasteiger partial charge < -0.3 is 10.2 Å². The zero-order valence-corrected chi connectivity index (χ0v) is 10.9. The molecule has 7 heteroatoms. The summed E-state index contributed by atoms with van der Waals surface area (Å²) in [5.41, 5.74) is 0. The second-order valence-electron chi connectivity index (χ2n) is 4.39. The average Bonchev–Trinajstić information content (AvgIpc) is 2.79. The lowest BCUT2D eigenvalue weighted by molar-refractivity contribution is -0.380. The minimum absolute atomic E-state index is 0.169. The normalized spacial score (nSPS) is 20.2. The molecule has 1 aliphatic rings. The molecule has 1 atom stereocenters. The summed E-state index contributed by atoms with van der Waals surface area (Å²) in [5.74, 6) is 0.180. The maximum Gasteiger partial charge on any atom is 0.324 e. The first-order chi connectivity index (χ1) is 8.56. The first-order valence-corrected chi connectivity index (χ1v) is 6.58. The van der Waals surface area contributed by atoms with E-state index >= 15 is 0 Å². The fraction of sp³-hybridized carbons (Fsp3) is 0.545. The van der Waals surface area contributed by atoms with Crippen LogP contribution >= 0.6 is 11.3 Å². The number of nitrogens with one attached hydrogen (secondary N) is 1. The number of thiophene rings is 1. The largest absolute Gasteiger partial charge is 0.344 e. The lowest BCUT2D eigenvalue weighted by Gasteiger charge is -2.30. The molecule has 98 valence electrons. The number of rotatable bonds is 4. The summed E-state index contributed by atoms with van der Waals surface area (Å²) in [5, 5.41) is 14.1. The summed E-state index contributed by atoms with van der Waals surface area (Å²) in [7, 11) is 1.80. The number of hydrogen-bond donors (Lipinski definition) is 1. The van der Waals surface area contributed by atoms with Gasteiger partial charge in [0.25, 0.3) is 0 Å². The van der Waals surface area contributed by atoms with Gasteiger partial charge >= 0.3 is 5.00 Å². The van der Waals surface area contributed by atoms with Crippen LogP contribution in [-0.2, 0) is 11.3 Å².